The SMILES string of the molecule is [C-]#[N+]/C(C#N)=C\c1cc2c(=O)c3cc4c(cc3n(C)c2c(CCCC)c1CCCC)c(=O)c1cc(/C=C(\C#N)[N+]#[C-])c(CCCC)c(CCCC)c1n4C. The van der Waals surface area contributed by atoms with Gasteiger partial charge in [0.05, 0.1) is 47.3 Å². The first-order valence-electron chi connectivity index (χ1n) is 19.2. The van der Waals surface area contributed by atoms with Crippen LogP contribution in [0.3, 0.4) is 0 Å². The average molecular weight is 717 g/mol. The van der Waals surface area contributed by atoms with Gasteiger partial charge in [-0.15, -0.1) is 0 Å². The Balaban J connectivity index is 2.00. The number of fused-ring (bicyclic) bond motifs is 4. The second-order valence-electron chi connectivity index (χ2n) is 14.2. The van der Waals surface area contributed by atoms with Crippen molar-refractivity contribution in [3.63, 3.8) is 0 Å². The molecule has 0 aliphatic heterocycles. The number of hydrogen-bond acceptors (Lipinski definition) is 4. The standard InChI is InChI=1S/C46H48N6O2/c1-9-13-17-33-29(21-31(27-47)49-5)23-39-43(35(33)19-15-11-3)51(7)41-25-38-42(26-37(41)45(39)53)52(8)44-36(20-16-12-4)34(18-14-10-2)30(22-32(28-48)50-6)24-40(44)46(38)54/h21-26H,9-20H2,1-4,7-8H3/b31-21-,32-22+. The van der Waals surface area contributed by atoms with E-state index in [4.69, 9.17) is 13.1 Å². The first kappa shape index (κ1) is 39.3. The van der Waals surface area contributed by atoms with E-state index >= 15 is 0 Å². The fraction of sp³-hybridized carbons (Fsp3) is 0.391. The summed E-state index contributed by atoms with van der Waals surface area (Å²) in [5, 5.41) is 21.4. The molecule has 0 amide bonds. The maximum Gasteiger partial charge on any atom is 0.262 e. The van der Waals surface area contributed by atoms with Gasteiger partial charge in [-0.25, -0.2) is 20.2 Å². The Morgan fingerprint density at radius 1 is 0.593 bits per heavy atom. The number of nitriles is 2. The van der Waals surface area contributed by atoms with Crippen LogP contribution in [0.5, 0.6) is 0 Å². The van der Waals surface area contributed by atoms with Crippen molar-refractivity contribution >= 4 is 55.8 Å². The number of pyridine rings is 2. The van der Waals surface area contributed by atoms with Gasteiger partial charge in [0.1, 0.15) is 0 Å². The van der Waals surface area contributed by atoms with Crippen LogP contribution in [0.4, 0.5) is 0 Å². The summed E-state index contributed by atoms with van der Waals surface area (Å²) in [7, 11) is 3.91. The van der Waals surface area contributed by atoms with Gasteiger partial charge >= 0.3 is 0 Å². The van der Waals surface area contributed by atoms with Crippen LogP contribution in [0.1, 0.15) is 112 Å². The van der Waals surface area contributed by atoms with E-state index in [0.717, 1.165) is 121 Å². The lowest BCUT2D eigenvalue weighted by Gasteiger charge is -2.22. The first-order valence-corrected chi connectivity index (χ1v) is 19.2. The molecule has 0 aliphatic carbocycles. The van der Waals surface area contributed by atoms with Crippen LogP contribution in [-0.2, 0) is 39.8 Å². The van der Waals surface area contributed by atoms with Crippen molar-refractivity contribution in [2.24, 2.45) is 14.1 Å². The molecule has 0 radical (unpaired) electrons. The number of benzene rings is 3. The highest BCUT2D eigenvalue weighted by Crippen LogP contribution is 2.35. The maximum absolute atomic E-state index is 14.8. The molecular formula is C46H48N6O2. The van der Waals surface area contributed by atoms with Crippen LogP contribution in [0, 0.1) is 35.8 Å². The van der Waals surface area contributed by atoms with Gasteiger partial charge in [-0.1, -0.05) is 53.4 Å². The summed E-state index contributed by atoms with van der Waals surface area (Å²) in [5.74, 6) is 0. The highest BCUT2D eigenvalue weighted by atomic mass is 16.1. The minimum absolute atomic E-state index is 0.0206. The molecule has 0 unspecified atom stereocenters. The summed E-state index contributed by atoms with van der Waals surface area (Å²) >= 11 is 0. The molecule has 0 bridgehead atoms. The summed E-state index contributed by atoms with van der Waals surface area (Å²) in [5.41, 5.74) is 8.31. The van der Waals surface area contributed by atoms with Crippen molar-refractivity contribution in [3.05, 3.63) is 112 Å². The van der Waals surface area contributed by atoms with Crippen LogP contribution >= 0.6 is 0 Å². The lowest BCUT2D eigenvalue weighted by Crippen LogP contribution is -2.17. The molecule has 5 aromatic rings. The Hall–Kier alpha value is -5.96. The van der Waals surface area contributed by atoms with Gasteiger partial charge in [0.25, 0.3) is 11.4 Å². The molecule has 0 spiro atoms. The molecule has 8 nitrogen and oxygen atoms in total. The number of unbranched alkanes of at least 4 members (excludes halogenated alkanes) is 4. The zero-order valence-corrected chi connectivity index (χ0v) is 32.4. The van der Waals surface area contributed by atoms with Gasteiger partial charge in [-0.05, 0) is 121 Å². The molecular weight excluding hydrogens is 669 g/mol. The smallest absolute Gasteiger partial charge is 0.262 e. The predicted octanol–water partition coefficient (Wildman–Crippen LogP) is 10.6. The summed E-state index contributed by atoms with van der Waals surface area (Å²) in [6.45, 7) is 23.7. The van der Waals surface area contributed by atoms with Crippen LogP contribution in [0.25, 0.3) is 65.5 Å². The predicted molar refractivity (Wildman–Crippen MR) is 222 cm³/mol. The summed E-state index contributed by atoms with van der Waals surface area (Å²) < 4.78 is 4.10. The van der Waals surface area contributed by atoms with E-state index in [1.54, 1.807) is 12.2 Å². The number of allylic oxidation sites excluding steroid dienone is 2. The minimum Gasteiger partial charge on any atom is -0.343 e. The normalized spacial score (nSPS) is 12.0. The zero-order chi connectivity index (χ0) is 39.1. The third-order valence-corrected chi connectivity index (χ3v) is 10.8. The Bertz CT molecular complexity index is 2440. The molecule has 54 heavy (non-hydrogen) atoms. The van der Waals surface area contributed by atoms with E-state index in [2.05, 4.69) is 37.4 Å². The average Bonchev–Trinajstić information content (AvgIpc) is 3.19. The maximum atomic E-state index is 14.8. The molecule has 0 aliphatic rings. The van der Waals surface area contributed by atoms with Crippen LogP contribution in [0.2, 0.25) is 0 Å². The third-order valence-electron chi connectivity index (χ3n) is 10.8. The van der Waals surface area contributed by atoms with Crippen LogP contribution < -0.4 is 10.9 Å². The van der Waals surface area contributed by atoms with E-state index in [0.29, 0.717) is 32.6 Å². The third kappa shape index (κ3) is 7.18. The van der Waals surface area contributed by atoms with Crippen molar-refractivity contribution in [1.82, 2.24) is 9.13 Å². The van der Waals surface area contributed by atoms with Gasteiger partial charge < -0.3 is 9.13 Å². The molecule has 3 aromatic carbocycles. The molecule has 2 heterocycles. The van der Waals surface area contributed by atoms with Gasteiger partial charge in [-0.3, -0.25) is 9.59 Å². The number of aromatic nitrogens is 2. The number of aryl methyl sites for hydroxylation is 4. The highest BCUT2D eigenvalue weighted by molar-refractivity contribution is 6.05. The second-order valence-corrected chi connectivity index (χ2v) is 14.2. The molecule has 5 rings (SSSR count). The Morgan fingerprint density at radius 2 is 0.926 bits per heavy atom. The summed E-state index contributed by atoms with van der Waals surface area (Å²) in [6.07, 6.45) is 13.7. The van der Waals surface area contributed by atoms with Crippen LogP contribution in [-0.4, -0.2) is 9.13 Å². The van der Waals surface area contributed by atoms with Gasteiger partial charge in [0.15, 0.2) is 10.9 Å². The number of rotatable bonds is 14. The van der Waals surface area contributed by atoms with Crippen LogP contribution in [0.15, 0.2) is 45.2 Å². The van der Waals surface area contributed by atoms with Crippen molar-refractivity contribution in [3.8, 4) is 12.1 Å². The van der Waals surface area contributed by atoms with E-state index < -0.39 is 0 Å². The van der Waals surface area contributed by atoms with E-state index in [1.165, 1.54) is 0 Å². The van der Waals surface area contributed by atoms with Crippen molar-refractivity contribution < 1.29 is 0 Å². The number of nitrogens with zero attached hydrogens (tertiary/aromatic N) is 6. The van der Waals surface area contributed by atoms with E-state index in [1.807, 2.05) is 59.6 Å². The topological polar surface area (TPSA) is 100 Å². The fourth-order valence-electron chi connectivity index (χ4n) is 7.99. The molecule has 0 atom stereocenters. The lowest BCUT2D eigenvalue weighted by atomic mass is 9.88. The van der Waals surface area contributed by atoms with E-state index in [9.17, 15) is 20.1 Å². The molecule has 0 saturated carbocycles. The Kier molecular flexibility index (Phi) is 12.5. The minimum atomic E-state index is -0.151. The monoisotopic (exact) mass is 716 g/mol. The molecule has 8 heteroatoms. The zero-order valence-electron chi connectivity index (χ0n) is 32.4. The molecule has 0 saturated heterocycles. The number of hydrogen-bond donors (Lipinski definition) is 0. The van der Waals surface area contributed by atoms with Gasteiger partial charge in [0.2, 0.25) is 0 Å². The summed E-state index contributed by atoms with van der Waals surface area (Å²) in [6, 6.07) is 11.5. The molecule has 274 valence electrons. The first-order chi connectivity index (χ1) is 26.1. The molecule has 0 fully saturated rings. The second kappa shape index (κ2) is 17.2. The van der Waals surface area contributed by atoms with Crippen molar-refractivity contribution in [2.45, 2.75) is 105 Å². The lowest BCUT2D eigenvalue weighted by molar-refractivity contribution is 0.757. The summed E-state index contributed by atoms with van der Waals surface area (Å²) in [4.78, 5) is 36.4. The molecule has 2 aromatic heterocycles. The van der Waals surface area contributed by atoms with Crippen molar-refractivity contribution in [1.29, 1.82) is 10.5 Å². The van der Waals surface area contributed by atoms with Crippen molar-refractivity contribution in [2.75, 3.05) is 0 Å². The fourth-order valence-corrected chi connectivity index (χ4v) is 7.99. The van der Waals surface area contributed by atoms with Gasteiger partial charge in [0, 0.05) is 35.6 Å². The quantitative estimate of drug-likeness (QED) is 0.0648. The van der Waals surface area contributed by atoms with Gasteiger partial charge in [-0.2, -0.15) is 0 Å². The largest absolute Gasteiger partial charge is 0.343 e. The molecule has 0 N–H and O–H groups in total. The Labute approximate surface area is 317 Å². The highest BCUT2D eigenvalue weighted by Gasteiger charge is 2.23. The van der Waals surface area contributed by atoms with E-state index in [-0.39, 0.29) is 22.3 Å². The Morgan fingerprint density at radius 3 is 1.22 bits per heavy atom.